The van der Waals surface area contributed by atoms with Crippen molar-refractivity contribution in [2.24, 2.45) is 0 Å². The Morgan fingerprint density at radius 1 is 0.925 bits per heavy atom. The molecule has 3 aromatic carbocycles. The maximum absolute atomic E-state index is 10.8. The Bertz CT molecular complexity index is 1360. The van der Waals surface area contributed by atoms with Crippen LogP contribution in [0.2, 0.25) is 0 Å². The van der Waals surface area contributed by atoms with E-state index in [4.69, 9.17) is 14.0 Å². The van der Waals surface area contributed by atoms with Crippen LogP contribution in [0.5, 0.6) is 5.75 Å². The monoisotopic (exact) mass is 536 g/mol. The molecule has 6 nitrogen and oxygen atoms in total. The fourth-order valence-electron chi connectivity index (χ4n) is 5.12. The minimum atomic E-state index is -0.587. The summed E-state index contributed by atoms with van der Waals surface area (Å²) in [7, 11) is 1.62. The van der Waals surface area contributed by atoms with Crippen molar-refractivity contribution in [2.45, 2.75) is 25.6 Å². The van der Waals surface area contributed by atoms with Gasteiger partial charge < -0.3 is 19.1 Å². The van der Waals surface area contributed by atoms with Crippen LogP contribution in [0.1, 0.15) is 41.0 Å². The Balaban J connectivity index is 1.17. The fourth-order valence-corrected chi connectivity index (χ4v) is 5.12. The van der Waals surface area contributed by atoms with Gasteiger partial charge >= 0.3 is 0 Å². The third kappa shape index (κ3) is 7.36. The van der Waals surface area contributed by atoms with Crippen molar-refractivity contribution in [3.8, 4) is 5.75 Å². The summed E-state index contributed by atoms with van der Waals surface area (Å²) in [5.74, 6) is 1.36. The molecule has 1 saturated heterocycles. The summed E-state index contributed by atoms with van der Waals surface area (Å²) in [6.45, 7) is 3.04. The second-order valence-electron chi connectivity index (χ2n) is 10.0. The lowest BCUT2D eigenvalue weighted by molar-refractivity contribution is 0.0655. The van der Waals surface area contributed by atoms with Crippen LogP contribution in [-0.4, -0.2) is 54.6 Å². The van der Waals surface area contributed by atoms with Gasteiger partial charge in [0.25, 0.3) is 0 Å². The third-order valence-corrected chi connectivity index (χ3v) is 7.05. The van der Waals surface area contributed by atoms with Gasteiger partial charge in [-0.05, 0) is 47.8 Å². The number of aromatic nitrogens is 1. The van der Waals surface area contributed by atoms with E-state index in [2.05, 4.69) is 70.7 Å². The number of hydrogen-bond donors (Lipinski definition) is 1. The normalized spacial score (nSPS) is 14.9. The Morgan fingerprint density at radius 2 is 1.57 bits per heavy atom. The highest BCUT2D eigenvalue weighted by Gasteiger charge is 2.21. The van der Waals surface area contributed by atoms with Crippen LogP contribution in [0.15, 0.2) is 101 Å². The zero-order chi connectivity index (χ0) is 27.6. The molecule has 1 atom stereocenters. The molecule has 1 unspecified atom stereocenters. The van der Waals surface area contributed by atoms with Crippen LogP contribution >= 0.6 is 0 Å². The summed E-state index contributed by atoms with van der Waals surface area (Å²) in [5, 5.41) is 14.8. The molecular weight excluding hydrogens is 500 g/mol. The van der Waals surface area contributed by atoms with Gasteiger partial charge in [-0.15, -0.1) is 0 Å². The summed E-state index contributed by atoms with van der Waals surface area (Å²) in [6.07, 6.45) is 5.15. The number of piperidine rings is 1. The molecule has 206 valence electrons. The molecule has 0 amide bonds. The van der Waals surface area contributed by atoms with Gasteiger partial charge in [-0.3, -0.25) is 4.90 Å². The smallest absolute Gasteiger partial charge is 0.160 e. The van der Waals surface area contributed by atoms with E-state index in [1.54, 1.807) is 7.11 Å². The summed E-state index contributed by atoms with van der Waals surface area (Å²) in [4.78, 5) is 2.33. The highest BCUT2D eigenvalue weighted by atomic mass is 16.5. The Labute approximate surface area is 236 Å². The predicted molar refractivity (Wildman–Crippen MR) is 159 cm³/mol. The number of nitrogens with zero attached hydrogens (tertiary/aromatic N) is 2. The minimum Gasteiger partial charge on any atom is -0.490 e. The van der Waals surface area contributed by atoms with Gasteiger partial charge in [0, 0.05) is 38.4 Å². The zero-order valence-electron chi connectivity index (χ0n) is 22.9. The average molecular weight is 537 g/mol. The number of hydrogen-bond acceptors (Lipinski definition) is 6. The fraction of sp³-hybridized carbons (Fsp3) is 0.265. The van der Waals surface area contributed by atoms with Gasteiger partial charge in [0.1, 0.15) is 24.2 Å². The molecule has 1 N–H and O–H groups in total. The van der Waals surface area contributed by atoms with Gasteiger partial charge in [0.15, 0.2) is 5.76 Å². The molecule has 4 aromatic rings. The first-order valence-electron chi connectivity index (χ1n) is 13.8. The molecule has 1 aliphatic rings. The number of para-hydroxylation sites is 1. The van der Waals surface area contributed by atoms with E-state index in [9.17, 15) is 5.11 Å². The zero-order valence-corrected chi connectivity index (χ0v) is 22.9. The van der Waals surface area contributed by atoms with E-state index in [1.165, 1.54) is 22.3 Å². The second-order valence-corrected chi connectivity index (χ2v) is 10.0. The topological polar surface area (TPSA) is 68.0 Å². The molecule has 0 saturated carbocycles. The number of aliphatic hydroxyl groups is 1. The summed E-state index contributed by atoms with van der Waals surface area (Å²) in [6, 6.07) is 30.9. The van der Waals surface area contributed by atoms with Crippen molar-refractivity contribution in [1.29, 1.82) is 0 Å². The van der Waals surface area contributed by atoms with Gasteiger partial charge in [-0.25, -0.2) is 0 Å². The molecule has 1 aromatic heterocycles. The average Bonchev–Trinajstić information content (AvgIpc) is 3.45. The SMILES string of the molecule is COCc1cc(C=Cc2ccccc2OCC(O)CN2CCC(=C(c3ccccc3)c3ccccc3)CC2)on1. The maximum Gasteiger partial charge on any atom is 0.160 e. The van der Waals surface area contributed by atoms with Crippen molar-refractivity contribution in [3.05, 3.63) is 125 Å². The van der Waals surface area contributed by atoms with Crippen LogP contribution in [0.25, 0.3) is 17.7 Å². The number of methoxy groups -OCH3 is 1. The van der Waals surface area contributed by atoms with Gasteiger partial charge in [0.2, 0.25) is 0 Å². The highest BCUT2D eigenvalue weighted by molar-refractivity contribution is 5.82. The van der Waals surface area contributed by atoms with Gasteiger partial charge in [0.05, 0.1) is 6.61 Å². The van der Waals surface area contributed by atoms with Gasteiger partial charge in [-0.2, -0.15) is 0 Å². The maximum atomic E-state index is 10.8. The largest absolute Gasteiger partial charge is 0.490 e. The molecule has 5 rings (SSSR count). The molecule has 0 spiro atoms. The van der Waals surface area contributed by atoms with E-state index in [0.717, 1.165) is 37.2 Å². The third-order valence-electron chi connectivity index (χ3n) is 7.05. The molecule has 0 bridgehead atoms. The molecule has 2 heterocycles. The molecule has 0 radical (unpaired) electrons. The number of aliphatic hydroxyl groups excluding tert-OH is 1. The van der Waals surface area contributed by atoms with Crippen molar-refractivity contribution in [2.75, 3.05) is 33.4 Å². The molecular formula is C34H36N2O4. The van der Waals surface area contributed by atoms with E-state index in [0.29, 0.717) is 24.7 Å². The first-order chi connectivity index (χ1) is 19.7. The number of rotatable bonds is 11. The first kappa shape index (κ1) is 27.6. The Kier molecular flexibility index (Phi) is 9.59. The predicted octanol–water partition coefficient (Wildman–Crippen LogP) is 6.33. The molecule has 1 fully saturated rings. The lowest BCUT2D eigenvalue weighted by atomic mass is 9.88. The van der Waals surface area contributed by atoms with Crippen molar-refractivity contribution in [3.63, 3.8) is 0 Å². The lowest BCUT2D eigenvalue weighted by Gasteiger charge is -2.31. The molecule has 1 aliphatic heterocycles. The summed E-state index contributed by atoms with van der Waals surface area (Å²) < 4.78 is 16.5. The Hall–Kier alpha value is -3.97. The van der Waals surface area contributed by atoms with Crippen molar-refractivity contribution < 1.29 is 19.1 Å². The second kappa shape index (κ2) is 13.9. The number of benzene rings is 3. The number of β-amino-alcohol motifs (C(OH)–C–C–N with tert-alkyl or cyclic N) is 1. The quantitative estimate of drug-likeness (QED) is 0.242. The molecule has 0 aliphatic carbocycles. The molecule has 6 heteroatoms. The lowest BCUT2D eigenvalue weighted by Crippen LogP contribution is -2.39. The van der Waals surface area contributed by atoms with Crippen LogP contribution in [0.3, 0.4) is 0 Å². The van der Waals surface area contributed by atoms with E-state index in [1.807, 2.05) is 42.5 Å². The number of ether oxygens (including phenoxy) is 2. The van der Waals surface area contributed by atoms with Crippen molar-refractivity contribution >= 4 is 17.7 Å². The van der Waals surface area contributed by atoms with Gasteiger partial charge in [-0.1, -0.05) is 89.6 Å². The van der Waals surface area contributed by atoms with Crippen molar-refractivity contribution in [1.82, 2.24) is 10.1 Å². The van der Waals surface area contributed by atoms with Crippen LogP contribution in [0, 0.1) is 0 Å². The Morgan fingerprint density at radius 3 is 2.25 bits per heavy atom. The van der Waals surface area contributed by atoms with Crippen LogP contribution in [0.4, 0.5) is 0 Å². The highest BCUT2D eigenvalue weighted by Crippen LogP contribution is 2.32. The summed E-state index contributed by atoms with van der Waals surface area (Å²) in [5.41, 5.74) is 6.98. The number of likely N-dealkylation sites (tertiary alicyclic amines) is 1. The first-order valence-corrected chi connectivity index (χ1v) is 13.8. The van der Waals surface area contributed by atoms with E-state index >= 15 is 0 Å². The summed E-state index contributed by atoms with van der Waals surface area (Å²) >= 11 is 0. The van der Waals surface area contributed by atoms with Crippen LogP contribution in [-0.2, 0) is 11.3 Å². The minimum absolute atomic E-state index is 0.226. The van der Waals surface area contributed by atoms with E-state index < -0.39 is 6.10 Å². The van der Waals surface area contributed by atoms with Crippen LogP contribution < -0.4 is 4.74 Å². The molecule has 40 heavy (non-hydrogen) atoms. The van der Waals surface area contributed by atoms with E-state index in [-0.39, 0.29) is 6.61 Å². The standard InChI is InChI=1S/C34H36N2O4/c1-38-24-30-22-32(40-35-30)17-16-26-10-8-9-15-33(26)39-25-31(37)23-36-20-18-29(19-21-36)34(27-11-4-2-5-12-27)28-13-6-3-7-14-28/h2-17,22,31,37H,18-21,23-25H2,1H3.